The van der Waals surface area contributed by atoms with Gasteiger partial charge in [0.05, 0.1) is 6.61 Å². The van der Waals surface area contributed by atoms with Crippen molar-refractivity contribution in [1.29, 1.82) is 0 Å². The number of hydrogen-bond donors (Lipinski definition) is 1. The molecular weight excluding hydrogens is 205 g/mol. The van der Waals surface area contributed by atoms with Crippen molar-refractivity contribution in [1.82, 2.24) is 5.32 Å². The predicted molar refractivity (Wildman–Crippen MR) is 61.8 cm³/mol. The van der Waals surface area contributed by atoms with E-state index >= 15 is 0 Å². The fourth-order valence-electron chi connectivity index (χ4n) is 1.98. The highest BCUT2D eigenvalue weighted by molar-refractivity contribution is 5.23. The van der Waals surface area contributed by atoms with Gasteiger partial charge in [0.25, 0.3) is 0 Å². The molecule has 0 amide bonds. The highest BCUT2D eigenvalue weighted by atomic mass is 19.1. The first-order valence-corrected chi connectivity index (χ1v) is 5.79. The Kier molecular flexibility index (Phi) is 3.91. The summed E-state index contributed by atoms with van der Waals surface area (Å²) >= 11 is 0. The van der Waals surface area contributed by atoms with Crippen LogP contribution in [0, 0.1) is 18.7 Å². The molecule has 0 bridgehead atoms. The van der Waals surface area contributed by atoms with Gasteiger partial charge in [0.1, 0.15) is 5.82 Å². The van der Waals surface area contributed by atoms with Gasteiger partial charge in [-0.25, -0.2) is 4.39 Å². The third-order valence-electron chi connectivity index (χ3n) is 3.01. The smallest absolute Gasteiger partial charge is 0.126 e. The van der Waals surface area contributed by atoms with Gasteiger partial charge in [0, 0.05) is 19.7 Å². The number of halogens is 1. The normalized spacial score (nSPS) is 20.2. The van der Waals surface area contributed by atoms with Crippen LogP contribution in [0.2, 0.25) is 0 Å². The Morgan fingerprint density at radius 3 is 3.06 bits per heavy atom. The molecule has 1 aromatic rings. The lowest BCUT2D eigenvalue weighted by Gasteiger charge is -2.09. The summed E-state index contributed by atoms with van der Waals surface area (Å²) in [6, 6.07) is 5.26. The Labute approximate surface area is 95.8 Å². The Hall–Kier alpha value is -0.930. The molecule has 0 spiro atoms. The Balaban J connectivity index is 1.78. The molecular formula is C13H18FNO. The second kappa shape index (κ2) is 5.41. The lowest BCUT2D eigenvalue weighted by Crippen LogP contribution is -2.22. The fourth-order valence-corrected chi connectivity index (χ4v) is 1.98. The maximum Gasteiger partial charge on any atom is 0.126 e. The summed E-state index contributed by atoms with van der Waals surface area (Å²) in [5.41, 5.74) is 1.85. The number of rotatable bonds is 4. The van der Waals surface area contributed by atoms with Gasteiger partial charge in [-0.3, -0.25) is 0 Å². The first-order chi connectivity index (χ1) is 7.75. The summed E-state index contributed by atoms with van der Waals surface area (Å²) in [5, 5.41) is 3.39. The fraction of sp³-hybridized carbons (Fsp3) is 0.538. The van der Waals surface area contributed by atoms with Crippen molar-refractivity contribution in [2.75, 3.05) is 19.8 Å². The zero-order chi connectivity index (χ0) is 11.4. The molecule has 2 rings (SSSR count). The number of aryl methyl sites for hydroxylation is 1. The van der Waals surface area contributed by atoms with Crippen LogP contribution in [0.1, 0.15) is 17.5 Å². The second-order valence-corrected chi connectivity index (χ2v) is 4.44. The molecule has 1 aliphatic rings. The summed E-state index contributed by atoms with van der Waals surface area (Å²) in [6.45, 7) is 5.34. The standard InChI is InChI=1S/C13H18FNO/c1-10-6-11(2-3-13(10)14)7-15-8-12-4-5-16-9-12/h2-3,6,12,15H,4-5,7-9H2,1H3. The lowest BCUT2D eigenvalue weighted by molar-refractivity contribution is 0.185. The molecule has 88 valence electrons. The molecule has 0 aliphatic carbocycles. The third-order valence-corrected chi connectivity index (χ3v) is 3.01. The van der Waals surface area contributed by atoms with E-state index in [1.165, 1.54) is 6.07 Å². The largest absolute Gasteiger partial charge is 0.381 e. The molecule has 1 unspecified atom stereocenters. The van der Waals surface area contributed by atoms with E-state index < -0.39 is 0 Å². The maximum absolute atomic E-state index is 13.0. The second-order valence-electron chi connectivity index (χ2n) is 4.44. The molecule has 1 atom stereocenters. The zero-order valence-corrected chi connectivity index (χ0v) is 9.63. The summed E-state index contributed by atoms with van der Waals surface area (Å²) in [6.07, 6.45) is 1.15. The highest BCUT2D eigenvalue weighted by Gasteiger charge is 2.14. The molecule has 1 fully saturated rings. The average Bonchev–Trinajstić information content (AvgIpc) is 2.76. The van der Waals surface area contributed by atoms with Crippen LogP contribution in [0.5, 0.6) is 0 Å². The van der Waals surface area contributed by atoms with Gasteiger partial charge in [0.2, 0.25) is 0 Å². The number of benzene rings is 1. The van der Waals surface area contributed by atoms with Crippen molar-refractivity contribution >= 4 is 0 Å². The van der Waals surface area contributed by atoms with E-state index in [1.807, 2.05) is 12.1 Å². The van der Waals surface area contributed by atoms with Crippen molar-refractivity contribution in [2.45, 2.75) is 19.9 Å². The molecule has 3 heteroatoms. The molecule has 1 N–H and O–H groups in total. The number of hydrogen-bond acceptors (Lipinski definition) is 2. The van der Waals surface area contributed by atoms with E-state index in [4.69, 9.17) is 4.74 Å². The van der Waals surface area contributed by atoms with E-state index in [0.717, 1.165) is 38.3 Å². The van der Waals surface area contributed by atoms with Crippen LogP contribution in [0.3, 0.4) is 0 Å². The number of ether oxygens (including phenoxy) is 1. The molecule has 2 nitrogen and oxygen atoms in total. The Morgan fingerprint density at radius 2 is 2.38 bits per heavy atom. The van der Waals surface area contributed by atoms with Gasteiger partial charge in [-0.05, 0) is 36.5 Å². The zero-order valence-electron chi connectivity index (χ0n) is 9.63. The maximum atomic E-state index is 13.0. The summed E-state index contributed by atoms with van der Waals surface area (Å²) in [4.78, 5) is 0. The first-order valence-electron chi connectivity index (χ1n) is 5.79. The molecule has 0 saturated carbocycles. The molecule has 16 heavy (non-hydrogen) atoms. The minimum absolute atomic E-state index is 0.132. The van der Waals surface area contributed by atoms with Crippen molar-refractivity contribution in [3.8, 4) is 0 Å². The van der Waals surface area contributed by atoms with Gasteiger partial charge in [-0.1, -0.05) is 12.1 Å². The van der Waals surface area contributed by atoms with E-state index in [-0.39, 0.29) is 5.82 Å². The van der Waals surface area contributed by atoms with Gasteiger partial charge < -0.3 is 10.1 Å². The molecule has 0 radical (unpaired) electrons. The van der Waals surface area contributed by atoms with Crippen LogP contribution in [0.25, 0.3) is 0 Å². The SMILES string of the molecule is Cc1cc(CNCC2CCOC2)ccc1F. The van der Waals surface area contributed by atoms with E-state index in [1.54, 1.807) is 6.92 Å². The summed E-state index contributed by atoms with van der Waals surface area (Å²) in [7, 11) is 0. The van der Waals surface area contributed by atoms with Crippen LogP contribution in [0.15, 0.2) is 18.2 Å². The third kappa shape index (κ3) is 3.03. The molecule has 1 aromatic carbocycles. The quantitative estimate of drug-likeness (QED) is 0.845. The van der Waals surface area contributed by atoms with E-state index in [2.05, 4.69) is 5.32 Å². The van der Waals surface area contributed by atoms with Crippen LogP contribution in [0.4, 0.5) is 4.39 Å². The molecule has 0 aromatic heterocycles. The molecule has 1 heterocycles. The lowest BCUT2D eigenvalue weighted by atomic mass is 10.1. The topological polar surface area (TPSA) is 21.3 Å². The number of nitrogens with one attached hydrogen (secondary N) is 1. The van der Waals surface area contributed by atoms with Crippen LogP contribution in [-0.2, 0) is 11.3 Å². The van der Waals surface area contributed by atoms with Crippen LogP contribution in [-0.4, -0.2) is 19.8 Å². The van der Waals surface area contributed by atoms with E-state index in [9.17, 15) is 4.39 Å². The van der Waals surface area contributed by atoms with Gasteiger partial charge in [-0.15, -0.1) is 0 Å². The summed E-state index contributed by atoms with van der Waals surface area (Å²) < 4.78 is 18.3. The minimum Gasteiger partial charge on any atom is -0.381 e. The Morgan fingerprint density at radius 1 is 1.50 bits per heavy atom. The van der Waals surface area contributed by atoms with Gasteiger partial charge in [-0.2, -0.15) is 0 Å². The average molecular weight is 223 g/mol. The van der Waals surface area contributed by atoms with Crippen LogP contribution < -0.4 is 5.32 Å². The highest BCUT2D eigenvalue weighted by Crippen LogP contribution is 2.12. The Bertz CT molecular complexity index is 348. The van der Waals surface area contributed by atoms with Crippen molar-refractivity contribution in [3.63, 3.8) is 0 Å². The molecule has 1 aliphatic heterocycles. The minimum atomic E-state index is -0.132. The van der Waals surface area contributed by atoms with Crippen molar-refractivity contribution < 1.29 is 9.13 Å². The van der Waals surface area contributed by atoms with Gasteiger partial charge >= 0.3 is 0 Å². The van der Waals surface area contributed by atoms with E-state index in [0.29, 0.717) is 11.5 Å². The molecule has 1 saturated heterocycles. The van der Waals surface area contributed by atoms with Crippen molar-refractivity contribution in [2.24, 2.45) is 5.92 Å². The van der Waals surface area contributed by atoms with Gasteiger partial charge in [0.15, 0.2) is 0 Å². The first kappa shape index (κ1) is 11.6. The predicted octanol–water partition coefficient (Wildman–Crippen LogP) is 2.26. The summed E-state index contributed by atoms with van der Waals surface area (Å²) in [5.74, 6) is 0.509. The van der Waals surface area contributed by atoms with Crippen LogP contribution >= 0.6 is 0 Å². The monoisotopic (exact) mass is 223 g/mol. The van der Waals surface area contributed by atoms with Crippen molar-refractivity contribution in [3.05, 3.63) is 35.1 Å².